The van der Waals surface area contributed by atoms with Gasteiger partial charge < -0.3 is 5.32 Å². The van der Waals surface area contributed by atoms with Crippen LogP contribution in [0.2, 0.25) is 0 Å². The van der Waals surface area contributed by atoms with Gasteiger partial charge in [-0.2, -0.15) is 9.78 Å². The van der Waals surface area contributed by atoms with Gasteiger partial charge in [0.25, 0.3) is 11.5 Å². The van der Waals surface area contributed by atoms with Crippen LogP contribution in [-0.4, -0.2) is 15.7 Å². The Balaban J connectivity index is 1.88. The van der Waals surface area contributed by atoms with Crippen LogP contribution in [0, 0.1) is 13.8 Å². The van der Waals surface area contributed by atoms with E-state index in [1.165, 1.54) is 4.68 Å². The number of hydrogen-bond donors (Lipinski definition) is 1. The molecule has 0 aliphatic carbocycles. The van der Waals surface area contributed by atoms with Crippen LogP contribution in [0.15, 0.2) is 77.6 Å². The number of benzene rings is 3. The molecule has 0 saturated carbocycles. The van der Waals surface area contributed by atoms with Gasteiger partial charge in [0.15, 0.2) is 5.69 Å². The zero-order valence-electron chi connectivity index (χ0n) is 15.6. The summed E-state index contributed by atoms with van der Waals surface area (Å²) in [6.07, 6.45) is 0. The fourth-order valence-electron chi connectivity index (χ4n) is 3.15. The maximum absolute atomic E-state index is 13.1. The zero-order valence-corrected chi connectivity index (χ0v) is 15.6. The fourth-order valence-corrected chi connectivity index (χ4v) is 3.15. The molecule has 0 aliphatic rings. The molecule has 0 atom stereocenters. The number of aryl methyl sites for hydroxylation is 2. The van der Waals surface area contributed by atoms with E-state index in [2.05, 4.69) is 10.4 Å². The molecule has 1 heterocycles. The van der Waals surface area contributed by atoms with Crippen LogP contribution >= 0.6 is 0 Å². The molecule has 4 aromatic rings. The van der Waals surface area contributed by atoms with Crippen molar-refractivity contribution in [2.75, 3.05) is 5.32 Å². The van der Waals surface area contributed by atoms with Gasteiger partial charge in [0, 0.05) is 11.1 Å². The Hall–Kier alpha value is -3.73. The first-order valence-corrected chi connectivity index (χ1v) is 9.01. The molecule has 0 radical (unpaired) electrons. The Morgan fingerprint density at radius 2 is 1.57 bits per heavy atom. The molecule has 0 saturated heterocycles. The largest absolute Gasteiger partial charge is 0.320 e. The molecule has 28 heavy (non-hydrogen) atoms. The standard InChI is InChI=1S/C23H19N3O2/c1-15-12-13-16(2)20(14-15)24-22(27)21-18-10-6-7-11-19(18)23(28)26(25-21)17-8-4-3-5-9-17/h3-14H,1-2H3,(H,24,27). The number of nitrogens with one attached hydrogen (secondary N) is 1. The lowest BCUT2D eigenvalue weighted by molar-refractivity contribution is 0.102. The van der Waals surface area contributed by atoms with Crippen molar-refractivity contribution in [2.24, 2.45) is 0 Å². The molecule has 1 N–H and O–H groups in total. The fraction of sp³-hybridized carbons (Fsp3) is 0.0870. The summed E-state index contributed by atoms with van der Waals surface area (Å²) < 4.78 is 1.28. The molecule has 5 nitrogen and oxygen atoms in total. The van der Waals surface area contributed by atoms with Crippen molar-refractivity contribution in [2.45, 2.75) is 13.8 Å². The summed E-state index contributed by atoms with van der Waals surface area (Å²) in [6, 6.07) is 22.0. The van der Waals surface area contributed by atoms with Crippen molar-refractivity contribution in [3.05, 3.63) is 100.0 Å². The second-order valence-corrected chi connectivity index (χ2v) is 6.72. The third-order valence-electron chi connectivity index (χ3n) is 4.66. The molecule has 3 aromatic carbocycles. The lowest BCUT2D eigenvalue weighted by Gasteiger charge is -2.13. The summed E-state index contributed by atoms with van der Waals surface area (Å²) in [6.45, 7) is 3.91. The van der Waals surface area contributed by atoms with Crippen molar-refractivity contribution in [1.29, 1.82) is 0 Å². The summed E-state index contributed by atoms with van der Waals surface area (Å²) in [5.74, 6) is -0.352. The van der Waals surface area contributed by atoms with Crippen LogP contribution in [0.4, 0.5) is 5.69 Å². The highest BCUT2D eigenvalue weighted by molar-refractivity contribution is 6.11. The van der Waals surface area contributed by atoms with Crippen molar-refractivity contribution in [3.63, 3.8) is 0 Å². The average molecular weight is 369 g/mol. The Morgan fingerprint density at radius 1 is 0.893 bits per heavy atom. The SMILES string of the molecule is Cc1ccc(C)c(NC(=O)c2nn(-c3ccccc3)c(=O)c3ccccc23)c1. The van der Waals surface area contributed by atoms with Gasteiger partial charge in [-0.15, -0.1) is 0 Å². The van der Waals surface area contributed by atoms with Crippen molar-refractivity contribution >= 4 is 22.4 Å². The minimum Gasteiger partial charge on any atom is -0.320 e. The minimum atomic E-state index is -0.352. The monoisotopic (exact) mass is 369 g/mol. The number of aromatic nitrogens is 2. The van der Waals surface area contributed by atoms with E-state index in [1.54, 1.807) is 36.4 Å². The molecule has 138 valence electrons. The molecule has 1 amide bonds. The first kappa shape index (κ1) is 17.7. The molecule has 0 unspecified atom stereocenters. The molecule has 0 spiro atoms. The molecule has 0 fully saturated rings. The molecule has 0 aliphatic heterocycles. The van der Waals surface area contributed by atoms with Crippen LogP contribution in [0.1, 0.15) is 21.6 Å². The summed E-state index contributed by atoms with van der Waals surface area (Å²) >= 11 is 0. The van der Waals surface area contributed by atoms with Gasteiger partial charge in [0.2, 0.25) is 0 Å². The van der Waals surface area contributed by atoms with Crippen molar-refractivity contribution < 1.29 is 4.79 Å². The predicted octanol–water partition coefficient (Wildman–Crippen LogP) is 4.25. The molecule has 1 aromatic heterocycles. The molecule has 0 bridgehead atoms. The highest BCUT2D eigenvalue weighted by Crippen LogP contribution is 2.20. The number of amides is 1. The summed E-state index contributed by atoms with van der Waals surface area (Å²) in [4.78, 5) is 26.0. The number of hydrogen-bond acceptors (Lipinski definition) is 3. The summed E-state index contributed by atoms with van der Waals surface area (Å²) in [5.41, 5.74) is 3.30. The quantitative estimate of drug-likeness (QED) is 0.587. The second kappa shape index (κ2) is 7.12. The number of rotatable bonds is 3. The van der Waals surface area contributed by atoms with E-state index in [-0.39, 0.29) is 17.2 Å². The topological polar surface area (TPSA) is 64.0 Å². The number of carbonyl (C=O) groups excluding carboxylic acids is 1. The van der Waals surface area contributed by atoms with E-state index in [0.717, 1.165) is 16.8 Å². The lowest BCUT2D eigenvalue weighted by Crippen LogP contribution is -2.26. The Bertz CT molecular complexity index is 1240. The normalized spacial score (nSPS) is 10.8. The molecule has 5 heteroatoms. The van der Waals surface area contributed by atoms with E-state index in [4.69, 9.17) is 0 Å². The smallest absolute Gasteiger partial charge is 0.279 e. The van der Waals surface area contributed by atoms with Crippen LogP contribution in [-0.2, 0) is 0 Å². The highest BCUT2D eigenvalue weighted by atomic mass is 16.2. The van der Waals surface area contributed by atoms with Crippen LogP contribution in [0.5, 0.6) is 0 Å². The second-order valence-electron chi connectivity index (χ2n) is 6.72. The maximum Gasteiger partial charge on any atom is 0.279 e. The first-order chi connectivity index (χ1) is 13.5. The van der Waals surface area contributed by atoms with E-state index >= 15 is 0 Å². The first-order valence-electron chi connectivity index (χ1n) is 9.01. The van der Waals surface area contributed by atoms with E-state index in [9.17, 15) is 9.59 Å². The van der Waals surface area contributed by atoms with Crippen LogP contribution in [0.3, 0.4) is 0 Å². The van der Waals surface area contributed by atoms with Crippen molar-refractivity contribution in [3.8, 4) is 5.69 Å². The van der Waals surface area contributed by atoms with Gasteiger partial charge >= 0.3 is 0 Å². The number of fused-ring (bicyclic) bond motifs is 1. The van der Waals surface area contributed by atoms with Gasteiger partial charge in [-0.1, -0.05) is 48.5 Å². The molecule has 4 rings (SSSR count). The van der Waals surface area contributed by atoms with Gasteiger partial charge in [-0.25, -0.2) is 0 Å². The van der Waals surface area contributed by atoms with Gasteiger partial charge in [-0.3, -0.25) is 9.59 Å². The predicted molar refractivity (Wildman–Crippen MR) is 111 cm³/mol. The average Bonchev–Trinajstić information content (AvgIpc) is 2.72. The van der Waals surface area contributed by atoms with E-state index in [0.29, 0.717) is 16.5 Å². The maximum atomic E-state index is 13.1. The minimum absolute atomic E-state index is 0.208. The van der Waals surface area contributed by atoms with Gasteiger partial charge in [0.1, 0.15) is 0 Å². The number of carbonyl (C=O) groups is 1. The van der Waals surface area contributed by atoms with E-state index in [1.807, 2.05) is 50.2 Å². The summed E-state index contributed by atoms with van der Waals surface area (Å²) in [5, 5.41) is 8.33. The Morgan fingerprint density at radius 3 is 2.32 bits per heavy atom. The lowest BCUT2D eigenvalue weighted by atomic mass is 10.1. The van der Waals surface area contributed by atoms with Gasteiger partial charge in [0.05, 0.1) is 11.1 Å². The molecular weight excluding hydrogens is 350 g/mol. The number of anilines is 1. The Kier molecular flexibility index (Phi) is 4.49. The highest BCUT2D eigenvalue weighted by Gasteiger charge is 2.18. The number of para-hydroxylation sites is 1. The summed E-state index contributed by atoms with van der Waals surface area (Å²) in [7, 11) is 0. The van der Waals surface area contributed by atoms with E-state index < -0.39 is 0 Å². The number of nitrogens with zero attached hydrogens (tertiary/aromatic N) is 2. The van der Waals surface area contributed by atoms with Crippen molar-refractivity contribution in [1.82, 2.24) is 9.78 Å². The van der Waals surface area contributed by atoms with Gasteiger partial charge in [-0.05, 0) is 49.2 Å². The third kappa shape index (κ3) is 3.18. The molecular formula is C23H19N3O2. The zero-order chi connectivity index (χ0) is 19.7. The van der Waals surface area contributed by atoms with Crippen LogP contribution < -0.4 is 10.9 Å². The Labute approximate surface area is 162 Å². The van der Waals surface area contributed by atoms with Crippen LogP contribution in [0.25, 0.3) is 16.5 Å². The third-order valence-corrected chi connectivity index (χ3v) is 4.66.